The van der Waals surface area contributed by atoms with Crippen LogP contribution in [0.1, 0.15) is 25.2 Å². The summed E-state index contributed by atoms with van der Waals surface area (Å²) in [6.07, 6.45) is 0. The summed E-state index contributed by atoms with van der Waals surface area (Å²) < 4.78 is 13.7. The van der Waals surface area contributed by atoms with Crippen molar-refractivity contribution < 1.29 is 4.21 Å². The van der Waals surface area contributed by atoms with Crippen LogP contribution in [0, 0.1) is 6.92 Å². The third-order valence-corrected chi connectivity index (χ3v) is 4.65. The third-order valence-electron chi connectivity index (χ3n) is 2.51. The van der Waals surface area contributed by atoms with Gasteiger partial charge in [0.1, 0.15) is 0 Å². The molecule has 92 valence electrons. The van der Waals surface area contributed by atoms with E-state index < -0.39 is 10.8 Å². The first kappa shape index (κ1) is 13.7. The summed E-state index contributed by atoms with van der Waals surface area (Å²) in [4.78, 5) is 0. The van der Waals surface area contributed by atoms with Gasteiger partial charge in [-0.3, -0.25) is 8.89 Å². The summed E-state index contributed by atoms with van der Waals surface area (Å²) in [6.45, 7) is 6.87. The predicted octanol–water partition coefficient (Wildman–Crippen LogP) is 1.46. The number of hydrogen-bond donors (Lipinski definition) is 1. The fourth-order valence-electron chi connectivity index (χ4n) is 1.39. The highest BCUT2D eigenvalue weighted by molar-refractivity contribution is 7.84. The summed E-state index contributed by atoms with van der Waals surface area (Å²) in [6, 6.07) is 0. The molecule has 1 rings (SSSR count). The maximum absolute atomic E-state index is 11.9. The van der Waals surface area contributed by atoms with E-state index in [0.717, 1.165) is 17.9 Å². The quantitative estimate of drug-likeness (QED) is 0.875. The highest BCUT2D eigenvalue weighted by atomic mass is 35.5. The van der Waals surface area contributed by atoms with Crippen molar-refractivity contribution in [2.24, 2.45) is 5.73 Å². The second kappa shape index (κ2) is 5.80. The monoisotopic (exact) mass is 263 g/mol. The van der Waals surface area contributed by atoms with Crippen LogP contribution < -0.4 is 5.73 Å². The van der Waals surface area contributed by atoms with Crippen molar-refractivity contribution in [3.8, 4) is 0 Å². The van der Waals surface area contributed by atoms with Crippen molar-refractivity contribution in [1.82, 2.24) is 9.78 Å². The largest absolute Gasteiger partial charge is 0.329 e. The molecule has 0 aliphatic heterocycles. The van der Waals surface area contributed by atoms with E-state index in [-0.39, 0.29) is 5.25 Å². The molecule has 0 aliphatic rings. The molecule has 6 heteroatoms. The molecular weight excluding hydrogens is 246 g/mol. The zero-order valence-electron chi connectivity index (χ0n) is 9.86. The zero-order chi connectivity index (χ0) is 12.3. The minimum atomic E-state index is -0.995. The Hall–Kier alpha value is -0.390. The lowest BCUT2D eigenvalue weighted by atomic mass is 10.4. The van der Waals surface area contributed by atoms with Gasteiger partial charge in [0.25, 0.3) is 0 Å². The number of hydrogen-bond acceptors (Lipinski definition) is 3. The van der Waals surface area contributed by atoms with E-state index in [4.69, 9.17) is 17.3 Å². The molecule has 1 aromatic heterocycles. The maximum Gasteiger partial charge on any atom is 0.0856 e. The van der Waals surface area contributed by atoms with Crippen LogP contribution in [0.25, 0.3) is 0 Å². The molecule has 0 spiro atoms. The minimum Gasteiger partial charge on any atom is -0.329 e. The molecule has 16 heavy (non-hydrogen) atoms. The van der Waals surface area contributed by atoms with Crippen LogP contribution in [0.5, 0.6) is 0 Å². The smallest absolute Gasteiger partial charge is 0.0856 e. The van der Waals surface area contributed by atoms with E-state index >= 15 is 0 Å². The van der Waals surface area contributed by atoms with Gasteiger partial charge in [-0.05, 0) is 20.8 Å². The fourth-order valence-corrected chi connectivity index (χ4v) is 2.73. The van der Waals surface area contributed by atoms with Crippen LogP contribution in [-0.2, 0) is 23.1 Å². The summed E-state index contributed by atoms with van der Waals surface area (Å²) in [5, 5.41) is 4.89. The number of rotatable bonds is 5. The molecule has 2 unspecified atom stereocenters. The van der Waals surface area contributed by atoms with E-state index in [0.29, 0.717) is 17.3 Å². The molecule has 0 aromatic carbocycles. The lowest BCUT2D eigenvalue weighted by Gasteiger charge is -2.10. The van der Waals surface area contributed by atoms with Gasteiger partial charge >= 0.3 is 0 Å². The molecule has 0 saturated heterocycles. The molecule has 4 nitrogen and oxygen atoms in total. The molecule has 1 aromatic rings. The second-order valence-electron chi connectivity index (χ2n) is 3.73. The fraction of sp³-hybridized carbons (Fsp3) is 0.700. The molecule has 0 radical (unpaired) electrons. The summed E-state index contributed by atoms with van der Waals surface area (Å²) in [5.74, 6) is 0.422. The lowest BCUT2D eigenvalue weighted by molar-refractivity contribution is 0.625. The number of nitrogens with zero attached hydrogens (tertiary/aromatic N) is 2. The zero-order valence-corrected chi connectivity index (χ0v) is 11.4. The first-order valence-corrected chi connectivity index (χ1v) is 7.06. The van der Waals surface area contributed by atoms with Crippen molar-refractivity contribution in [3.05, 3.63) is 16.4 Å². The van der Waals surface area contributed by atoms with E-state index in [1.807, 2.05) is 20.8 Å². The van der Waals surface area contributed by atoms with Gasteiger partial charge in [-0.2, -0.15) is 5.10 Å². The first-order chi connectivity index (χ1) is 7.51. The number of aromatic nitrogens is 2. The van der Waals surface area contributed by atoms with Gasteiger partial charge in [0, 0.05) is 29.1 Å². The van der Waals surface area contributed by atoms with Crippen LogP contribution >= 0.6 is 11.6 Å². The number of nitrogens with two attached hydrogens (primary N) is 1. The van der Waals surface area contributed by atoms with Gasteiger partial charge in [-0.15, -0.1) is 0 Å². The Morgan fingerprint density at radius 1 is 1.62 bits per heavy atom. The van der Waals surface area contributed by atoms with Gasteiger partial charge in [-0.1, -0.05) is 11.6 Å². The van der Waals surface area contributed by atoms with Crippen LogP contribution in [0.3, 0.4) is 0 Å². The van der Waals surface area contributed by atoms with Gasteiger partial charge in [-0.25, -0.2) is 0 Å². The van der Waals surface area contributed by atoms with Gasteiger partial charge in [0.2, 0.25) is 0 Å². The third kappa shape index (κ3) is 2.84. The summed E-state index contributed by atoms with van der Waals surface area (Å²) in [5.41, 5.74) is 7.13. The molecule has 0 aliphatic carbocycles. The van der Waals surface area contributed by atoms with Crippen molar-refractivity contribution in [3.63, 3.8) is 0 Å². The maximum atomic E-state index is 11.9. The Balaban J connectivity index is 2.92. The van der Waals surface area contributed by atoms with Gasteiger partial charge in [0.05, 0.1) is 22.2 Å². The molecule has 1 heterocycles. The standard InChI is InChI=1S/C10H18ClN3OS/c1-4-14-9(10(11)8(3)13-14)6-16(15)7(2)5-12/h7H,4-6,12H2,1-3H3. The molecule has 0 bridgehead atoms. The van der Waals surface area contributed by atoms with E-state index in [2.05, 4.69) is 5.10 Å². The van der Waals surface area contributed by atoms with Crippen LogP contribution in [0.4, 0.5) is 0 Å². The second-order valence-corrected chi connectivity index (χ2v) is 5.97. The number of halogens is 1. The normalized spacial score (nSPS) is 15.1. The van der Waals surface area contributed by atoms with E-state index in [1.54, 1.807) is 4.68 Å². The first-order valence-electron chi connectivity index (χ1n) is 5.30. The van der Waals surface area contributed by atoms with Crippen molar-refractivity contribution in [2.75, 3.05) is 6.54 Å². The average Bonchev–Trinajstić information content (AvgIpc) is 2.55. The predicted molar refractivity (Wildman–Crippen MR) is 68.0 cm³/mol. The van der Waals surface area contributed by atoms with Crippen molar-refractivity contribution in [2.45, 2.75) is 38.3 Å². The Labute approximate surface area is 104 Å². The Morgan fingerprint density at radius 3 is 2.75 bits per heavy atom. The molecule has 2 N–H and O–H groups in total. The highest BCUT2D eigenvalue weighted by Crippen LogP contribution is 2.22. The van der Waals surface area contributed by atoms with Crippen LogP contribution in [0.2, 0.25) is 5.02 Å². The van der Waals surface area contributed by atoms with Crippen LogP contribution in [0.15, 0.2) is 0 Å². The summed E-state index contributed by atoms with van der Waals surface area (Å²) in [7, 11) is -0.995. The Morgan fingerprint density at radius 2 is 2.25 bits per heavy atom. The highest BCUT2D eigenvalue weighted by Gasteiger charge is 2.17. The minimum absolute atomic E-state index is 0.0171. The van der Waals surface area contributed by atoms with E-state index in [9.17, 15) is 4.21 Å². The van der Waals surface area contributed by atoms with Gasteiger partial charge < -0.3 is 5.73 Å². The van der Waals surface area contributed by atoms with Crippen LogP contribution in [-0.4, -0.2) is 25.8 Å². The summed E-state index contributed by atoms with van der Waals surface area (Å²) >= 11 is 6.14. The lowest BCUT2D eigenvalue weighted by Crippen LogP contribution is -2.23. The molecule has 0 amide bonds. The van der Waals surface area contributed by atoms with Crippen molar-refractivity contribution >= 4 is 22.4 Å². The van der Waals surface area contributed by atoms with Crippen molar-refractivity contribution in [1.29, 1.82) is 0 Å². The Bertz CT molecular complexity index is 392. The molecule has 0 fully saturated rings. The average molecular weight is 264 g/mol. The molecular formula is C10H18ClN3OS. The molecule has 0 saturated carbocycles. The van der Waals surface area contributed by atoms with E-state index in [1.165, 1.54) is 0 Å². The van der Waals surface area contributed by atoms with Gasteiger partial charge in [0.15, 0.2) is 0 Å². The molecule has 2 atom stereocenters. The Kier molecular flexibility index (Phi) is 4.95. The number of aryl methyl sites for hydroxylation is 2. The topological polar surface area (TPSA) is 60.9 Å². The SMILES string of the molecule is CCn1nc(C)c(Cl)c1CS(=O)C(C)CN.